The minimum atomic E-state index is 0.246. The molecule has 0 aliphatic carbocycles. The summed E-state index contributed by atoms with van der Waals surface area (Å²) < 4.78 is 0.991. The highest BCUT2D eigenvalue weighted by Gasteiger charge is 2.26. The van der Waals surface area contributed by atoms with E-state index in [2.05, 4.69) is 57.6 Å². The van der Waals surface area contributed by atoms with E-state index in [0.29, 0.717) is 6.54 Å². The maximum Gasteiger partial charge on any atom is 0.133 e. The van der Waals surface area contributed by atoms with Crippen LogP contribution in [0.15, 0.2) is 16.7 Å². The van der Waals surface area contributed by atoms with Crippen LogP contribution in [-0.2, 0) is 6.54 Å². The van der Waals surface area contributed by atoms with Crippen LogP contribution in [0, 0.1) is 0 Å². The molecule has 0 spiro atoms. The summed E-state index contributed by atoms with van der Waals surface area (Å²) in [5.74, 6) is 1.04. The molecule has 1 aromatic heterocycles. The maximum absolute atomic E-state index is 5.82. The Morgan fingerprint density at radius 2 is 1.89 bits per heavy atom. The number of anilines is 1. The van der Waals surface area contributed by atoms with Gasteiger partial charge in [0.2, 0.25) is 0 Å². The van der Waals surface area contributed by atoms with Gasteiger partial charge in [0.25, 0.3) is 0 Å². The zero-order valence-corrected chi connectivity index (χ0v) is 13.6. The second kappa shape index (κ2) is 5.77. The lowest BCUT2D eigenvalue weighted by Crippen LogP contribution is -2.53. The number of halogens is 1. The Bertz CT molecular complexity index is 434. The van der Waals surface area contributed by atoms with E-state index in [1.165, 1.54) is 0 Å². The quantitative estimate of drug-likeness (QED) is 0.905. The van der Waals surface area contributed by atoms with Crippen LogP contribution >= 0.6 is 15.9 Å². The minimum absolute atomic E-state index is 0.246. The molecular weight excluding hydrogens is 304 g/mol. The normalized spacial score (nSPS) is 17.8. The summed E-state index contributed by atoms with van der Waals surface area (Å²) in [6, 6.07) is 2.07. The second-order valence-corrected chi connectivity index (χ2v) is 6.90. The zero-order chi connectivity index (χ0) is 14.0. The molecule has 2 rings (SSSR count). The number of pyridine rings is 1. The monoisotopic (exact) mass is 326 g/mol. The van der Waals surface area contributed by atoms with E-state index in [1.54, 1.807) is 0 Å². The molecule has 0 atom stereocenters. The van der Waals surface area contributed by atoms with Crippen LogP contribution in [0.1, 0.15) is 26.3 Å². The Morgan fingerprint density at radius 1 is 1.26 bits per heavy atom. The molecule has 2 heterocycles. The van der Waals surface area contributed by atoms with Crippen molar-refractivity contribution in [3.63, 3.8) is 0 Å². The second-order valence-electron chi connectivity index (χ2n) is 5.99. The number of hydrogen-bond acceptors (Lipinski definition) is 4. The molecule has 1 aromatic rings. The van der Waals surface area contributed by atoms with E-state index < -0.39 is 0 Å². The number of piperazine rings is 1. The Hall–Kier alpha value is -0.650. The van der Waals surface area contributed by atoms with Gasteiger partial charge in [-0.3, -0.25) is 4.90 Å². The number of nitrogens with two attached hydrogens (primary N) is 1. The number of nitrogens with zero attached hydrogens (tertiary/aromatic N) is 3. The van der Waals surface area contributed by atoms with Crippen molar-refractivity contribution < 1.29 is 0 Å². The van der Waals surface area contributed by atoms with E-state index in [-0.39, 0.29) is 5.54 Å². The largest absolute Gasteiger partial charge is 0.354 e. The van der Waals surface area contributed by atoms with Crippen molar-refractivity contribution in [2.24, 2.45) is 5.73 Å². The molecule has 0 amide bonds. The molecule has 1 fully saturated rings. The molecule has 2 N–H and O–H groups in total. The van der Waals surface area contributed by atoms with Crippen LogP contribution in [-0.4, -0.2) is 41.6 Å². The third-order valence-corrected chi connectivity index (χ3v) is 4.09. The number of rotatable bonds is 2. The highest BCUT2D eigenvalue weighted by Crippen LogP contribution is 2.24. The van der Waals surface area contributed by atoms with Gasteiger partial charge in [-0.15, -0.1) is 0 Å². The van der Waals surface area contributed by atoms with Gasteiger partial charge in [0, 0.05) is 54.5 Å². The Morgan fingerprint density at radius 3 is 2.42 bits per heavy atom. The molecule has 5 heteroatoms. The SMILES string of the molecule is CC(C)(C)N1CCN(c2ncc(Br)cc2CN)CC1. The van der Waals surface area contributed by atoms with E-state index in [0.717, 1.165) is 42.0 Å². The molecule has 0 bridgehead atoms. The molecule has 4 nitrogen and oxygen atoms in total. The summed E-state index contributed by atoms with van der Waals surface area (Å²) in [5, 5.41) is 0. The summed E-state index contributed by atoms with van der Waals surface area (Å²) in [7, 11) is 0. The van der Waals surface area contributed by atoms with Crippen molar-refractivity contribution in [1.29, 1.82) is 0 Å². The Kier molecular flexibility index (Phi) is 4.48. The van der Waals surface area contributed by atoms with Crippen molar-refractivity contribution in [2.75, 3.05) is 31.1 Å². The van der Waals surface area contributed by atoms with Gasteiger partial charge >= 0.3 is 0 Å². The van der Waals surface area contributed by atoms with Crippen LogP contribution in [0.2, 0.25) is 0 Å². The van der Waals surface area contributed by atoms with Crippen LogP contribution in [0.3, 0.4) is 0 Å². The molecule has 19 heavy (non-hydrogen) atoms. The molecule has 0 aromatic carbocycles. The van der Waals surface area contributed by atoms with Crippen molar-refractivity contribution in [3.05, 3.63) is 22.3 Å². The molecule has 0 radical (unpaired) electrons. The molecule has 0 unspecified atom stereocenters. The molecule has 0 saturated carbocycles. The first-order chi connectivity index (χ1) is 8.91. The fourth-order valence-electron chi connectivity index (χ4n) is 2.50. The van der Waals surface area contributed by atoms with Crippen LogP contribution in [0.4, 0.5) is 5.82 Å². The van der Waals surface area contributed by atoms with Crippen molar-refractivity contribution in [2.45, 2.75) is 32.9 Å². The van der Waals surface area contributed by atoms with Gasteiger partial charge < -0.3 is 10.6 Å². The van der Waals surface area contributed by atoms with Crippen molar-refractivity contribution >= 4 is 21.7 Å². The van der Waals surface area contributed by atoms with Crippen LogP contribution in [0.5, 0.6) is 0 Å². The van der Waals surface area contributed by atoms with Gasteiger partial charge in [0.05, 0.1) is 0 Å². The Balaban J connectivity index is 2.10. The highest BCUT2D eigenvalue weighted by molar-refractivity contribution is 9.10. The van der Waals surface area contributed by atoms with Gasteiger partial charge in [0.1, 0.15) is 5.82 Å². The summed E-state index contributed by atoms with van der Waals surface area (Å²) in [6.45, 7) is 11.5. The average Bonchev–Trinajstić information content (AvgIpc) is 2.37. The fraction of sp³-hybridized carbons (Fsp3) is 0.643. The maximum atomic E-state index is 5.82. The zero-order valence-electron chi connectivity index (χ0n) is 12.0. The van der Waals surface area contributed by atoms with E-state index in [9.17, 15) is 0 Å². The molecule has 106 valence electrons. The first kappa shape index (κ1) is 14.8. The van der Waals surface area contributed by atoms with E-state index in [4.69, 9.17) is 5.73 Å². The lowest BCUT2D eigenvalue weighted by molar-refractivity contribution is 0.128. The summed E-state index contributed by atoms with van der Waals surface area (Å²) in [6.07, 6.45) is 1.85. The minimum Gasteiger partial charge on any atom is -0.354 e. The van der Waals surface area contributed by atoms with E-state index in [1.807, 2.05) is 6.20 Å². The predicted octanol–water partition coefficient (Wildman–Crippen LogP) is 2.22. The van der Waals surface area contributed by atoms with Gasteiger partial charge in [-0.2, -0.15) is 0 Å². The lowest BCUT2D eigenvalue weighted by atomic mass is 10.0. The van der Waals surface area contributed by atoms with Gasteiger partial charge in [-0.25, -0.2) is 4.98 Å². The standard InChI is InChI=1S/C14H23BrN4/c1-14(2,3)19-6-4-18(5-7-19)13-11(9-16)8-12(15)10-17-13/h8,10H,4-7,9,16H2,1-3H3. The number of hydrogen-bond donors (Lipinski definition) is 1. The summed E-state index contributed by atoms with van der Waals surface area (Å²) in [5.41, 5.74) is 7.18. The van der Waals surface area contributed by atoms with Gasteiger partial charge in [0.15, 0.2) is 0 Å². The fourth-order valence-corrected chi connectivity index (χ4v) is 2.88. The van der Waals surface area contributed by atoms with Gasteiger partial charge in [-0.1, -0.05) is 0 Å². The number of aromatic nitrogens is 1. The Labute approximate surface area is 124 Å². The topological polar surface area (TPSA) is 45.4 Å². The first-order valence-electron chi connectivity index (χ1n) is 6.76. The van der Waals surface area contributed by atoms with E-state index >= 15 is 0 Å². The lowest BCUT2D eigenvalue weighted by Gasteiger charge is -2.43. The highest BCUT2D eigenvalue weighted by atomic mass is 79.9. The predicted molar refractivity (Wildman–Crippen MR) is 83.4 cm³/mol. The summed E-state index contributed by atoms with van der Waals surface area (Å²) >= 11 is 3.45. The van der Waals surface area contributed by atoms with Crippen molar-refractivity contribution in [1.82, 2.24) is 9.88 Å². The van der Waals surface area contributed by atoms with Gasteiger partial charge in [-0.05, 0) is 42.8 Å². The first-order valence-corrected chi connectivity index (χ1v) is 7.55. The third kappa shape index (κ3) is 3.46. The molecule has 1 aliphatic rings. The molecule has 1 aliphatic heterocycles. The third-order valence-electron chi connectivity index (χ3n) is 3.66. The van der Waals surface area contributed by atoms with Crippen LogP contribution in [0.25, 0.3) is 0 Å². The molecular formula is C14H23BrN4. The smallest absolute Gasteiger partial charge is 0.133 e. The molecule has 1 saturated heterocycles. The van der Waals surface area contributed by atoms with Crippen molar-refractivity contribution in [3.8, 4) is 0 Å². The van der Waals surface area contributed by atoms with Crippen LogP contribution < -0.4 is 10.6 Å². The summed E-state index contributed by atoms with van der Waals surface area (Å²) in [4.78, 5) is 9.40. The average molecular weight is 327 g/mol.